The first kappa shape index (κ1) is 15.2. The number of anilines is 1. The Morgan fingerprint density at radius 1 is 1.04 bits per heavy atom. The van der Waals surface area contributed by atoms with Crippen LogP contribution in [0.3, 0.4) is 0 Å². The Balaban J connectivity index is 1.67. The number of rotatable bonds is 4. The molecule has 0 fully saturated rings. The summed E-state index contributed by atoms with van der Waals surface area (Å²) in [5.74, 6) is 0.500. The molecule has 122 valence electrons. The molecule has 2 aromatic carbocycles. The SMILES string of the molecule is O=C(Nc1nccs1)c1ccccc1-c1nc(-c2ccccc2)no1. The van der Waals surface area contributed by atoms with Gasteiger partial charge < -0.3 is 4.52 Å². The van der Waals surface area contributed by atoms with Gasteiger partial charge in [0.15, 0.2) is 5.13 Å². The van der Waals surface area contributed by atoms with Crippen LogP contribution in [0.25, 0.3) is 22.8 Å². The zero-order chi connectivity index (χ0) is 17.1. The number of hydrogen-bond acceptors (Lipinski definition) is 6. The monoisotopic (exact) mass is 348 g/mol. The van der Waals surface area contributed by atoms with E-state index in [2.05, 4.69) is 20.4 Å². The van der Waals surface area contributed by atoms with E-state index in [1.54, 1.807) is 29.8 Å². The van der Waals surface area contributed by atoms with Gasteiger partial charge in [-0.25, -0.2) is 4.98 Å². The molecule has 0 unspecified atom stereocenters. The van der Waals surface area contributed by atoms with Crippen molar-refractivity contribution in [1.82, 2.24) is 15.1 Å². The average Bonchev–Trinajstić information content (AvgIpc) is 3.34. The van der Waals surface area contributed by atoms with Gasteiger partial charge in [-0.05, 0) is 12.1 Å². The van der Waals surface area contributed by atoms with Crippen LogP contribution in [0, 0.1) is 0 Å². The standard InChI is InChI=1S/C18H12N4O2S/c23-16(21-18-19-10-11-25-18)13-8-4-5-9-14(13)17-20-15(22-24-17)12-6-2-1-3-7-12/h1-11H,(H,19,21,23). The van der Waals surface area contributed by atoms with Crippen LogP contribution >= 0.6 is 11.3 Å². The van der Waals surface area contributed by atoms with E-state index < -0.39 is 0 Å². The highest BCUT2D eigenvalue weighted by atomic mass is 32.1. The van der Waals surface area contributed by atoms with Gasteiger partial charge in [-0.1, -0.05) is 47.6 Å². The first-order valence-electron chi connectivity index (χ1n) is 7.50. The van der Waals surface area contributed by atoms with Gasteiger partial charge in [0.05, 0.1) is 11.1 Å². The fraction of sp³-hybridized carbons (Fsp3) is 0. The summed E-state index contributed by atoms with van der Waals surface area (Å²) in [6.07, 6.45) is 1.64. The number of nitrogens with zero attached hydrogens (tertiary/aromatic N) is 3. The highest BCUT2D eigenvalue weighted by molar-refractivity contribution is 7.13. The van der Waals surface area contributed by atoms with Gasteiger partial charge in [-0.15, -0.1) is 11.3 Å². The van der Waals surface area contributed by atoms with Crippen molar-refractivity contribution >= 4 is 22.4 Å². The average molecular weight is 348 g/mol. The lowest BCUT2D eigenvalue weighted by Crippen LogP contribution is -2.12. The van der Waals surface area contributed by atoms with Gasteiger partial charge in [-0.2, -0.15) is 4.98 Å². The lowest BCUT2D eigenvalue weighted by atomic mass is 10.1. The molecule has 1 N–H and O–H groups in total. The number of hydrogen-bond donors (Lipinski definition) is 1. The molecule has 0 bridgehead atoms. The molecule has 6 nitrogen and oxygen atoms in total. The fourth-order valence-corrected chi connectivity index (χ4v) is 2.88. The lowest BCUT2D eigenvalue weighted by Gasteiger charge is -2.05. The summed E-state index contributed by atoms with van der Waals surface area (Å²) in [5.41, 5.74) is 1.87. The third kappa shape index (κ3) is 3.17. The van der Waals surface area contributed by atoms with Gasteiger partial charge in [0.2, 0.25) is 5.82 Å². The Hall–Kier alpha value is -3.32. The van der Waals surface area contributed by atoms with Gasteiger partial charge in [0.25, 0.3) is 11.8 Å². The molecule has 0 aliphatic rings. The minimum Gasteiger partial charge on any atom is -0.334 e. The van der Waals surface area contributed by atoms with Crippen LogP contribution in [-0.2, 0) is 0 Å². The Bertz CT molecular complexity index is 997. The van der Waals surface area contributed by atoms with Crippen molar-refractivity contribution in [2.45, 2.75) is 0 Å². The van der Waals surface area contributed by atoms with Crippen LogP contribution in [0.4, 0.5) is 5.13 Å². The van der Waals surface area contributed by atoms with E-state index in [1.807, 2.05) is 36.4 Å². The van der Waals surface area contributed by atoms with Crippen molar-refractivity contribution < 1.29 is 9.32 Å². The maximum atomic E-state index is 12.5. The topological polar surface area (TPSA) is 80.9 Å². The van der Waals surface area contributed by atoms with Crippen LogP contribution in [0.2, 0.25) is 0 Å². The minimum absolute atomic E-state index is 0.273. The van der Waals surface area contributed by atoms with Crippen LogP contribution in [0.5, 0.6) is 0 Å². The summed E-state index contributed by atoms with van der Waals surface area (Å²) in [6, 6.07) is 16.6. The van der Waals surface area contributed by atoms with Crippen molar-refractivity contribution in [2.24, 2.45) is 0 Å². The highest BCUT2D eigenvalue weighted by Gasteiger charge is 2.18. The number of thiazole rings is 1. The van der Waals surface area contributed by atoms with Crippen LogP contribution in [-0.4, -0.2) is 21.0 Å². The first-order chi connectivity index (χ1) is 12.3. The molecule has 0 saturated heterocycles. The summed E-state index contributed by atoms with van der Waals surface area (Å²) in [5, 5.41) is 9.11. The molecular weight excluding hydrogens is 336 g/mol. The third-order valence-corrected chi connectivity index (χ3v) is 4.20. The summed E-state index contributed by atoms with van der Waals surface area (Å²) in [6.45, 7) is 0. The maximum absolute atomic E-state index is 12.5. The Labute approximate surface area is 147 Å². The lowest BCUT2D eigenvalue weighted by molar-refractivity contribution is 0.102. The summed E-state index contributed by atoms with van der Waals surface area (Å²) in [7, 11) is 0. The molecular formula is C18H12N4O2S. The van der Waals surface area contributed by atoms with Gasteiger partial charge >= 0.3 is 0 Å². The number of carbonyl (C=O) groups excluding carboxylic acids is 1. The molecule has 4 aromatic rings. The predicted octanol–water partition coefficient (Wildman–Crippen LogP) is 4.11. The molecule has 2 heterocycles. The summed E-state index contributed by atoms with van der Waals surface area (Å²) < 4.78 is 5.38. The summed E-state index contributed by atoms with van der Waals surface area (Å²) in [4.78, 5) is 21.0. The molecule has 0 radical (unpaired) electrons. The third-order valence-electron chi connectivity index (χ3n) is 3.51. The van der Waals surface area contributed by atoms with Crippen molar-refractivity contribution in [1.29, 1.82) is 0 Å². The number of amides is 1. The smallest absolute Gasteiger partial charge is 0.259 e. The van der Waals surface area contributed by atoms with Gasteiger partial charge in [0.1, 0.15) is 0 Å². The Morgan fingerprint density at radius 3 is 2.64 bits per heavy atom. The van der Waals surface area contributed by atoms with E-state index in [1.165, 1.54) is 11.3 Å². The first-order valence-corrected chi connectivity index (χ1v) is 8.38. The minimum atomic E-state index is -0.273. The Morgan fingerprint density at radius 2 is 1.84 bits per heavy atom. The van der Waals surface area contributed by atoms with Crippen LogP contribution in [0.1, 0.15) is 10.4 Å². The largest absolute Gasteiger partial charge is 0.334 e. The summed E-state index contributed by atoms with van der Waals surface area (Å²) >= 11 is 1.35. The normalized spacial score (nSPS) is 10.6. The molecule has 0 atom stereocenters. The highest BCUT2D eigenvalue weighted by Crippen LogP contribution is 2.26. The zero-order valence-corrected chi connectivity index (χ0v) is 13.7. The Kier molecular flexibility index (Phi) is 4.05. The molecule has 0 saturated carbocycles. The van der Waals surface area contributed by atoms with Crippen molar-refractivity contribution in [2.75, 3.05) is 5.32 Å². The quantitative estimate of drug-likeness (QED) is 0.600. The number of aromatic nitrogens is 3. The molecule has 0 aliphatic carbocycles. The molecule has 25 heavy (non-hydrogen) atoms. The second-order valence-corrected chi connectivity index (χ2v) is 6.02. The number of nitrogens with one attached hydrogen (secondary N) is 1. The number of carbonyl (C=O) groups is 1. The zero-order valence-electron chi connectivity index (χ0n) is 12.9. The van der Waals surface area contributed by atoms with E-state index >= 15 is 0 Å². The van der Waals surface area contributed by atoms with E-state index in [-0.39, 0.29) is 5.91 Å². The molecule has 1 amide bonds. The molecule has 7 heteroatoms. The predicted molar refractivity (Wildman–Crippen MR) is 95.2 cm³/mol. The van der Waals surface area contributed by atoms with E-state index in [0.29, 0.717) is 28.0 Å². The van der Waals surface area contributed by atoms with Crippen molar-refractivity contribution in [3.8, 4) is 22.8 Å². The van der Waals surface area contributed by atoms with Crippen LogP contribution in [0.15, 0.2) is 70.7 Å². The molecule has 2 aromatic heterocycles. The van der Waals surface area contributed by atoms with Gasteiger partial charge in [-0.3, -0.25) is 10.1 Å². The second kappa shape index (κ2) is 6.66. The fourth-order valence-electron chi connectivity index (χ4n) is 2.35. The van der Waals surface area contributed by atoms with E-state index in [9.17, 15) is 4.79 Å². The van der Waals surface area contributed by atoms with E-state index in [4.69, 9.17) is 4.52 Å². The second-order valence-electron chi connectivity index (χ2n) is 5.13. The van der Waals surface area contributed by atoms with Crippen molar-refractivity contribution in [3.05, 3.63) is 71.7 Å². The molecule has 0 aliphatic heterocycles. The molecule has 4 rings (SSSR count). The maximum Gasteiger partial charge on any atom is 0.259 e. The van der Waals surface area contributed by atoms with E-state index in [0.717, 1.165) is 5.56 Å². The molecule has 0 spiro atoms. The van der Waals surface area contributed by atoms with Crippen LogP contribution < -0.4 is 5.32 Å². The number of benzene rings is 2. The van der Waals surface area contributed by atoms with Crippen molar-refractivity contribution in [3.63, 3.8) is 0 Å². The van der Waals surface area contributed by atoms with Gasteiger partial charge in [0, 0.05) is 17.1 Å².